The molecule has 1 heterocycles. The van der Waals surface area contributed by atoms with Crippen molar-refractivity contribution >= 4 is 33.5 Å². The highest BCUT2D eigenvalue weighted by Gasteiger charge is 2.05. The Morgan fingerprint density at radius 3 is 3.08 bits per heavy atom. The van der Waals surface area contributed by atoms with Gasteiger partial charge in [-0.25, -0.2) is 0 Å². The number of aromatic nitrogens is 2. The number of hydrogen-bond donors (Lipinski definition) is 1. The molecule has 2 rings (SSSR count). The Morgan fingerprint density at radius 1 is 1.50 bits per heavy atom. The van der Waals surface area contributed by atoms with Crippen molar-refractivity contribution in [3.8, 4) is 0 Å². The van der Waals surface area contributed by atoms with Crippen molar-refractivity contribution in [3.63, 3.8) is 0 Å². The van der Waals surface area contributed by atoms with Crippen LogP contribution < -0.4 is 0 Å². The summed E-state index contributed by atoms with van der Waals surface area (Å²) in [5.41, 5.74) is 2.30. The Kier molecular flexibility index (Phi) is 2.04. The van der Waals surface area contributed by atoms with Crippen molar-refractivity contribution in [2.45, 2.75) is 13.3 Å². The van der Waals surface area contributed by atoms with Gasteiger partial charge in [0.05, 0.1) is 5.52 Å². The molecule has 0 saturated heterocycles. The summed E-state index contributed by atoms with van der Waals surface area (Å²) >= 11 is 2.34. The summed E-state index contributed by atoms with van der Waals surface area (Å²) in [6.45, 7) is 2.13. The monoisotopic (exact) mass is 272 g/mol. The van der Waals surface area contributed by atoms with Crippen LogP contribution in [0.15, 0.2) is 18.2 Å². The minimum absolute atomic E-state index is 1.01. The van der Waals surface area contributed by atoms with Gasteiger partial charge in [0.15, 0.2) is 0 Å². The minimum Gasteiger partial charge on any atom is -0.281 e. The standard InChI is InChI=1S/C9H9IN2/c1-2-7-9-6(10)4-3-5-8(9)12-11-7/h3-5H,2H2,1H3,(H,11,12). The maximum atomic E-state index is 4.22. The zero-order valence-electron chi connectivity index (χ0n) is 6.76. The SMILES string of the molecule is CCc1[nH]nc2cccc(I)c12. The van der Waals surface area contributed by atoms with Gasteiger partial charge < -0.3 is 0 Å². The van der Waals surface area contributed by atoms with Gasteiger partial charge in [-0.3, -0.25) is 5.10 Å². The van der Waals surface area contributed by atoms with Crippen LogP contribution in [-0.4, -0.2) is 10.2 Å². The molecule has 0 radical (unpaired) electrons. The molecule has 0 aliphatic heterocycles. The first-order valence-corrected chi connectivity index (χ1v) is 5.02. The summed E-state index contributed by atoms with van der Waals surface area (Å²) in [4.78, 5) is 0. The van der Waals surface area contributed by atoms with E-state index in [0.717, 1.165) is 11.9 Å². The Balaban J connectivity index is 2.83. The Morgan fingerprint density at radius 2 is 2.33 bits per heavy atom. The number of aromatic amines is 1. The summed E-state index contributed by atoms with van der Waals surface area (Å²) in [7, 11) is 0. The Labute approximate surface area is 84.5 Å². The Bertz CT molecular complexity index is 406. The molecule has 62 valence electrons. The molecule has 1 aromatic carbocycles. The molecule has 0 bridgehead atoms. The molecule has 0 unspecified atom stereocenters. The third kappa shape index (κ3) is 1.12. The molecule has 3 heteroatoms. The molecule has 12 heavy (non-hydrogen) atoms. The molecule has 0 spiro atoms. The average molecular weight is 272 g/mol. The van der Waals surface area contributed by atoms with E-state index in [-0.39, 0.29) is 0 Å². The van der Waals surface area contributed by atoms with Gasteiger partial charge in [-0.15, -0.1) is 0 Å². The lowest BCUT2D eigenvalue weighted by Gasteiger charge is -1.94. The van der Waals surface area contributed by atoms with Crippen LogP contribution in [0.1, 0.15) is 12.6 Å². The Hall–Kier alpha value is -0.580. The lowest BCUT2D eigenvalue weighted by Crippen LogP contribution is -1.81. The first kappa shape index (κ1) is 8.04. The molecule has 0 fully saturated rings. The van der Waals surface area contributed by atoms with E-state index in [2.05, 4.69) is 45.8 Å². The van der Waals surface area contributed by atoms with Crippen molar-refractivity contribution in [2.24, 2.45) is 0 Å². The third-order valence-corrected chi connectivity index (χ3v) is 2.86. The molecule has 2 aromatic rings. The quantitative estimate of drug-likeness (QED) is 0.794. The van der Waals surface area contributed by atoms with E-state index in [4.69, 9.17) is 0 Å². The van der Waals surface area contributed by atoms with E-state index in [9.17, 15) is 0 Å². The highest BCUT2D eigenvalue weighted by molar-refractivity contribution is 14.1. The normalized spacial score (nSPS) is 10.8. The summed E-state index contributed by atoms with van der Waals surface area (Å²) < 4.78 is 1.27. The summed E-state index contributed by atoms with van der Waals surface area (Å²) in [6.07, 6.45) is 1.01. The molecule has 0 saturated carbocycles. The maximum absolute atomic E-state index is 4.22. The van der Waals surface area contributed by atoms with E-state index in [1.54, 1.807) is 0 Å². The topological polar surface area (TPSA) is 28.7 Å². The predicted molar refractivity (Wildman–Crippen MR) is 58.2 cm³/mol. The molecule has 0 atom stereocenters. The van der Waals surface area contributed by atoms with E-state index in [0.29, 0.717) is 0 Å². The summed E-state index contributed by atoms with van der Waals surface area (Å²) in [6, 6.07) is 6.18. The number of nitrogens with zero attached hydrogens (tertiary/aromatic N) is 1. The number of benzene rings is 1. The van der Waals surface area contributed by atoms with Gasteiger partial charge in [0.1, 0.15) is 0 Å². The van der Waals surface area contributed by atoms with Crippen LogP contribution in [0.25, 0.3) is 10.9 Å². The van der Waals surface area contributed by atoms with Crippen LogP contribution in [0.3, 0.4) is 0 Å². The fourth-order valence-corrected chi connectivity index (χ4v) is 2.15. The van der Waals surface area contributed by atoms with Gasteiger partial charge in [0.25, 0.3) is 0 Å². The van der Waals surface area contributed by atoms with Gasteiger partial charge in [-0.05, 0) is 41.1 Å². The van der Waals surface area contributed by atoms with Gasteiger partial charge >= 0.3 is 0 Å². The number of H-pyrrole nitrogens is 1. The van der Waals surface area contributed by atoms with Gasteiger partial charge in [0.2, 0.25) is 0 Å². The van der Waals surface area contributed by atoms with Crippen molar-refractivity contribution in [3.05, 3.63) is 27.5 Å². The van der Waals surface area contributed by atoms with Crippen LogP contribution >= 0.6 is 22.6 Å². The van der Waals surface area contributed by atoms with E-state index < -0.39 is 0 Å². The first-order valence-electron chi connectivity index (χ1n) is 3.94. The van der Waals surface area contributed by atoms with Gasteiger partial charge in [0, 0.05) is 14.7 Å². The minimum atomic E-state index is 1.01. The molecular formula is C9H9IN2. The summed E-state index contributed by atoms with van der Waals surface area (Å²) in [5, 5.41) is 8.55. The van der Waals surface area contributed by atoms with E-state index >= 15 is 0 Å². The maximum Gasteiger partial charge on any atom is 0.0934 e. The molecular weight excluding hydrogens is 263 g/mol. The molecule has 1 aromatic heterocycles. The van der Waals surface area contributed by atoms with Gasteiger partial charge in [-0.2, -0.15) is 5.10 Å². The highest BCUT2D eigenvalue weighted by Crippen LogP contribution is 2.22. The lowest BCUT2D eigenvalue weighted by atomic mass is 10.2. The molecule has 0 amide bonds. The van der Waals surface area contributed by atoms with Crippen LogP contribution in [0.2, 0.25) is 0 Å². The second-order valence-electron chi connectivity index (χ2n) is 2.69. The smallest absolute Gasteiger partial charge is 0.0934 e. The van der Waals surface area contributed by atoms with Crippen LogP contribution in [0.4, 0.5) is 0 Å². The van der Waals surface area contributed by atoms with Crippen LogP contribution in [-0.2, 0) is 6.42 Å². The zero-order valence-corrected chi connectivity index (χ0v) is 8.92. The lowest BCUT2D eigenvalue weighted by molar-refractivity contribution is 0.988. The number of halogens is 1. The van der Waals surface area contributed by atoms with Crippen molar-refractivity contribution < 1.29 is 0 Å². The molecule has 0 aliphatic rings. The number of nitrogens with one attached hydrogen (secondary N) is 1. The number of aryl methyl sites for hydroxylation is 1. The average Bonchev–Trinajstić information content (AvgIpc) is 2.49. The second-order valence-corrected chi connectivity index (χ2v) is 3.85. The summed E-state index contributed by atoms with van der Waals surface area (Å²) in [5.74, 6) is 0. The third-order valence-electron chi connectivity index (χ3n) is 1.96. The molecule has 1 N–H and O–H groups in total. The van der Waals surface area contributed by atoms with E-state index in [1.807, 2.05) is 12.1 Å². The number of fused-ring (bicyclic) bond motifs is 1. The van der Waals surface area contributed by atoms with Gasteiger partial charge in [-0.1, -0.05) is 13.0 Å². The van der Waals surface area contributed by atoms with Crippen molar-refractivity contribution in [1.82, 2.24) is 10.2 Å². The first-order chi connectivity index (χ1) is 5.83. The van der Waals surface area contributed by atoms with Crippen molar-refractivity contribution in [2.75, 3.05) is 0 Å². The van der Waals surface area contributed by atoms with Crippen LogP contribution in [0.5, 0.6) is 0 Å². The molecule has 2 nitrogen and oxygen atoms in total. The zero-order chi connectivity index (χ0) is 8.55. The highest BCUT2D eigenvalue weighted by atomic mass is 127. The van der Waals surface area contributed by atoms with Crippen LogP contribution in [0, 0.1) is 3.57 Å². The second kappa shape index (κ2) is 3.05. The number of rotatable bonds is 1. The predicted octanol–water partition coefficient (Wildman–Crippen LogP) is 2.73. The fraction of sp³-hybridized carbons (Fsp3) is 0.222. The van der Waals surface area contributed by atoms with E-state index in [1.165, 1.54) is 14.7 Å². The number of hydrogen-bond acceptors (Lipinski definition) is 1. The fourth-order valence-electron chi connectivity index (χ4n) is 1.34. The largest absolute Gasteiger partial charge is 0.281 e. The van der Waals surface area contributed by atoms with Crippen molar-refractivity contribution in [1.29, 1.82) is 0 Å². The molecule has 0 aliphatic carbocycles.